The lowest BCUT2D eigenvalue weighted by Crippen LogP contribution is -2.21. The molecule has 2 unspecified atom stereocenters. The van der Waals surface area contributed by atoms with Gasteiger partial charge >= 0.3 is 0 Å². The number of aliphatic hydroxyl groups excluding tert-OH is 2. The van der Waals surface area contributed by atoms with Crippen molar-refractivity contribution in [2.45, 2.75) is 25.6 Å². The molecule has 0 spiro atoms. The van der Waals surface area contributed by atoms with Gasteiger partial charge in [-0.25, -0.2) is 13.2 Å². The minimum Gasteiger partial charge on any atom is -0.390 e. The summed E-state index contributed by atoms with van der Waals surface area (Å²) in [6.45, 7) is 1.34. The predicted molar refractivity (Wildman–Crippen MR) is 65.0 cm³/mol. The molecule has 0 saturated heterocycles. The fraction of sp³-hybridized carbons (Fsp3) is 0.417. The molecule has 0 radical (unpaired) electrons. The number of thioether (sulfide) groups is 1. The highest BCUT2D eigenvalue weighted by atomic mass is 32.2. The van der Waals surface area contributed by atoms with Crippen LogP contribution in [0.1, 0.15) is 25.0 Å². The second-order valence-electron chi connectivity index (χ2n) is 3.93. The molecule has 0 heterocycles. The van der Waals surface area contributed by atoms with Crippen LogP contribution in [-0.4, -0.2) is 27.2 Å². The molecule has 0 aliphatic heterocycles. The summed E-state index contributed by atoms with van der Waals surface area (Å²) in [6.07, 6.45) is -3.18. The Bertz CT molecular complexity index is 468. The first-order valence-corrected chi connectivity index (χ1v) is 6.45. The van der Waals surface area contributed by atoms with Crippen molar-refractivity contribution in [1.29, 1.82) is 0 Å². The Morgan fingerprint density at radius 2 is 1.95 bits per heavy atom. The highest BCUT2D eigenvalue weighted by molar-refractivity contribution is 8.13. The van der Waals surface area contributed by atoms with Gasteiger partial charge in [-0.05, 0) is 12.5 Å². The first-order chi connectivity index (χ1) is 8.82. The van der Waals surface area contributed by atoms with Crippen molar-refractivity contribution in [2.75, 3.05) is 5.75 Å². The Morgan fingerprint density at radius 3 is 2.53 bits per heavy atom. The molecule has 0 amide bonds. The third-order valence-corrected chi connectivity index (χ3v) is 3.27. The van der Waals surface area contributed by atoms with Crippen LogP contribution in [-0.2, 0) is 4.79 Å². The molecule has 106 valence electrons. The van der Waals surface area contributed by atoms with Crippen molar-refractivity contribution < 1.29 is 28.2 Å². The Labute approximate surface area is 112 Å². The molecule has 0 fully saturated rings. The van der Waals surface area contributed by atoms with Gasteiger partial charge in [0.05, 0.1) is 6.10 Å². The summed E-state index contributed by atoms with van der Waals surface area (Å²) < 4.78 is 39.3. The van der Waals surface area contributed by atoms with Crippen LogP contribution in [0.3, 0.4) is 0 Å². The van der Waals surface area contributed by atoms with Crippen LogP contribution < -0.4 is 0 Å². The van der Waals surface area contributed by atoms with Crippen LogP contribution in [0.15, 0.2) is 12.1 Å². The number of benzene rings is 1. The average molecular weight is 294 g/mol. The number of halogens is 3. The lowest BCUT2D eigenvalue weighted by Gasteiger charge is -2.18. The highest BCUT2D eigenvalue weighted by Crippen LogP contribution is 2.25. The summed E-state index contributed by atoms with van der Waals surface area (Å²) in [4.78, 5) is 10.7. The van der Waals surface area contributed by atoms with Gasteiger partial charge in [-0.3, -0.25) is 4.79 Å². The fourth-order valence-corrected chi connectivity index (χ4v) is 2.13. The van der Waals surface area contributed by atoms with E-state index in [0.717, 1.165) is 11.8 Å². The normalized spacial score (nSPS) is 14.2. The number of hydrogen-bond acceptors (Lipinski definition) is 4. The summed E-state index contributed by atoms with van der Waals surface area (Å²) in [7, 11) is 0. The van der Waals surface area contributed by atoms with Gasteiger partial charge in [0.2, 0.25) is 0 Å². The Kier molecular flexibility index (Phi) is 5.84. The van der Waals surface area contributed by atoms with E-state index in [1.807, 2.05) is 0 Å². The van der Waals surface area contributed by atoms with Crippen molar-refractivity contribution in [3.63, 3.8) is 0 Å². The first-order valence-electron chi connectivity index (χ1n) is 5.47. The molecule has 7 heteroatoms. The van der Waals surface area contributed by atoms with Crippen molar-refractivity contribution in [3.8, 4) is 0 Å². The van der Waals surface area contributed by atoms with E-state index in [-0.39, 0.29) is 17.3 Å². The monoisotopic (exact) mass is 294 g/mol. The minimum absolute atomic E-state index is 0.0109. The molecular weight excluding hydrogens is 281 g/mol. The van der Waals surface area contributed by atoms with E-state index < -0.39 is 35.2 Å². The summed E-state index contributed by atoms with van der Waals surface area (Å²) >= 11 is 0.931. The zero-order valence-corrected chi connectivity index (χ0v) is 10.9. The molecule has 0 aromatic heterocycles. The largest absolute Gasteiger partial charge is 0.390 e. The van der Waals surface area contributed by atoms with Crippen LogP contribution >= 0.6 is 11.8 Å². The van der Waals surface area contributed by atoms with E-state index in [1.165, 1.54) is 6.92 Å². The van der Waals surface area contributed by atoms with Crippen LogP contribution in [0, 0.1) is 17.5 Å². The summed E-state index contributed by atoms with van der Waals surface area (Å²) in [5.41, 5.74) is -0.641. The van der Waals surface area contributed by atoms with E-state index in [1.54, 1.807) is 0 Å². The van der Waals surface area contributed by atoms with Gasteiger partial charge in [-0.1, -0.05) is 11.8 Å². The van der Waals surface area contributed by atoms with Crippen LogP contribution in [0.4, 0.5) is 13.2 Å². The maximum absolute atomic E-state index is 13.4. The van der Waals surface area contributed by atoms with Crippen molar-refractivity contribution in [2.24, 2.45) is 0 Å². The van der Waals surface area contributed by atoms with E-state index in [0.29, 0.717) is 12.1 Å². The molecule has 1 aromatic carbocycles. The average Bonchev–Trinajstić information content (AvgIpc) is 2.32. The zero-order chi connectivity index (χ0) is 14.6. The number of hydrogen-bond donors (Lipinski definition) is 2. The molecular formula is C12H13F3O3S. The summed E-state index contributed by atoms with van der Waals surface area (Å²) in [5.74, 6) is -3.66. The molecule has 1 rings (SSSR count). The lowest BCUT2D eigenvalue weighted by atomic mass is 10.0. The van der Waals surface area contributed by atoms with E-state index in [2.05, 4.69) is 0 Å². The third kappa shape index (κ3) is 4.52. The molecule has 2 atom stereocenters. The number of rotatable bonds is 5. The van der Waals surface area contributed by atoms with Gasteiger partial charge < -0.3 is 10.2 Å². The van der Waals surface area contributed by atoms with Gasteiger partial charge in [0.25, 0.3) is 0 Å². The van der Waals surface area contributed by atoms with Gasteiger partial charge in [-0.2, -0.15) is 0 Å². The Balaban J connectivity index is 2.76. The van der Waals surface area contributed by atoms with Crippen molar-refractivity contribution >= 4 is 16.9 Å². The van der Waals surface area contributed by atoms with Gasteiger partial charge in [-0.15, -0.1) is 0 Å². The topological polar surface area (TPSA) is 57.5 Å². The third-order valence-electron chi connectivity index (χ3n) is 2.42. The molecule has 0 saturated carbocycles. The quantitative estimate of drug-likeness (QED) is 0.817. The van der Waals surface area contributed by atoms with Crippen molar-refractivity contribution in [1.82, 2.24) is 0 Å². The smallest absolute Gasteiger partial charge is 0.185 e. The summed E-state index contributed by atoms with van der Waals surface area (Å²) in [6, 6.07) is 0.980. The Hall–Kier alpha value is -1.05. The van der Waals surface area contributed by atoms with Crippen LogP contribution in [0.2, 0.25) is 0 Å². The number of carbonyl (C=O) groups is 1. The maximum atomic E-state index is 13.4. The summed E-state index contributed by atoms with van der Waals surface area (Å²) in [5, 5.41) is 19.1. The standard InChI is InChI=1S/C12H13F3O3S/c1-6(16)19-3-2-10(17)12(18)8-4-7(13)5-9(14)11(8)15/h4-5,10,12,17-18H,2-3H2,1H3. The second-order valence-corrected chi connectivity index (χ2v) is 5.20. The fourth-order valence-electron chi connectivity index (χ4n) is 1.48. The lowest BCUT2D eigenvalue weighted by molar-refractivity contribution is -0.109. The van der Waals surface area contributed by atoms with Crippen LogP contribution in [0.25, 0.3) is 0 Å². The maximum Gasteiger partial charge on any atom is 0.185 e. The molecule has 0 aliphatic carbocycles. The Morgan fingerprint density at radius 1 is 1.32 bits per heavy atom. The highest BCUT2D eigenvalue weighted by Gasteiger charge is 2.24. The van der Waals surface area contributed by atoms with Gasteiger partial charge in [0, 0.05) is 24.3 Å². The minimum atomic E-state index is -1.75. The van der Waals surface area contributed by atoms with E-state index in [4.69, 9.17) is 0 Å². The SMILES string of the molecule is CC(=O)SCCC(O)C(O)c1cc(F)cc(F)c1F. The molecule has 19 heavy (non-hydrogen) atoms. The second kappa shape index (κ2) is 6.93. The molecule has 0 bridgehead atoms. The van der Waals surface area contributed by atoms with E-state index >= 15 is 0 Å². The van der Waals surface area contributed by atoms with Crippen LogP contribution in [0.5, 0.6) is 0 Å². The van der Waals surface area contributed by atoms with Gasteiger partial charge in [0.1, 0.15) is 11.9 Å². The zero-order valence-electron chi connectivity index (χ0n) is 10.1. The number of aliphatic hydroxyl groups is 2. The van der Waals surface area contributed by atoms with E-state index in [9.17, 15) is 28.2 Å². The first kappa shape index (κ1) is 16.0. The molecule has 0 aliphatic rings. The predicted octanol–water partition coefficient (Wildman–Crippen LogP) is 2.17. The number of carbonyl (C=O) groups excluding carboxylic acids is 1. The van der Waals surface area contributed by atoms with Gasteiger partial charge in [0.15, 0.2) is 16.7 Å². The molecule has 2 N–H and O–H groups in total. The molecule has 1 aromatic rings. The molecule has 3 nitrogen and oxygen atoms in total. The van der Waals surface area contributed by atoms with Crippen molar-refractivity contribution in [3.05, 3.63) is 35.1 Å².